The maximum Gasteiger partial charge on any atom is 0.418 e. The molecule has 3 nitrogen and oxygen atoms in total. The second kappa shape index (κ2) is 5.50. The van der Waals surface area contributed by atoms with E-state index in [1.165, 1.54) is 6.92 Å². The highest BCUT2D eigenvalue weighted by molar-refractivity contribution is 5.72. The second-order valence-electron chi connectivity index (χ2n) is 3.72. The summed E-state index contributed by atoms with van der Waals surface area (Å²) < 4.78 is 67.4. The van der Waals surface area contributed by atoms with E-state index in [1.807, 2.05) is 0 Å². The minimum Gasteiger partial charge on any atom is -0.469 e. The SMILES string of the molecule is COC(=O)Cc1cc(C(F)(F)F)c(C(F)F)nc1C. The van der Waals surface area contributed by atoms with Gasteiger partial charge in [0.1, 0.15) is 5.69 Å². The van der Waals surface area contributed by atoms with Gasteiger partial charge in [0.2, 0.25) is 0 Å². The summed E-state index contributed by atoms with van der Waals surface area (Å²) in [5.74, 6) is -0.775. The molecule has 0 aliphatic rings. The van der Waals surface area contributed by atoms with E-state index in [0.29, 0.717) is 6.07 Å². The van der Waals surface area contributed by atoms with Gasteiger partial charge in [-0.25, -0.2) is 8.78 Å². The first kappa shape index (κ1) is 15.3. The molecule has 1 heterocycles. The highest BCUT2D eigenvalue weighted by Gasteiger charge is 2.37. The summed E-state index contributed by atoms with van der Waals surface area (Å²) in [7, 11) is 1.07. The van der Waals surface area contributed by atoms with Crippen molar-refractivity contribution in [2.75, 3.05) is 7.11 Å². The van der Waals surface area contributed by atoms with Gasteiger partial charge in [0.25, 0.3) is 6.43 Å². The molecule has 0 unspecified atom stereocenters. The Morgan fingerprint density at radius 3 is 2.42 bits per heavy atom. The second-order valence-corrected chi connectivity index (χ2v) is 3.72. The molecule has 0 spiro atoms. The van der Waals surface area contributed by atoms with E-state index in [1.54, 1.807) is 0 Å². The summed E-state index contributed by atoms with van der Waals surface area (Å²) in [6, 6.07) is 0.515. The number of nitrogens with zero attached hydrogens (tertiary/aromatic N) is 1. The molecule has 0 aromatic carbocycles. The van der Waals surface area contributed by atoms with Crippen LogP contribution in [0.15, 0.2) is 6.07 Å². The van der Waals surface area contributed by atoms with Crippen LogP contribution in [0.25, 0.3) is 0 Å². The molecular weight excluding hydrogens is 273 g/mol. The smallest absolute Gasteiger partial charge is 0.418 e. The van der Waals surface area contributed by atoms with Crippen molar-refractivity contribution in [1.82, 2.24) is 4.98 Å². The molecule has 1 aromatic rings. The van der Waals surface area contributed by atoms with Gasteiger partial charge in [-0.1, -0.05) is 0 Å². The van der Waals surface area contributed by atoms with Crippen molar-refractivity contribution in [2.45, 2.75) is 25.9 Å². The lowest BCUT2D eigenvalue weighted by atomic mass is 10.0. The summed E-state index contributed by atoms with van der Waals surface area (Å²) in [5, 5.41) is 0. The Kier molecular flexibility index (Phi) is 4.43. The number of aryl methyl sites for hydroxylation is 1. The van der Waals surface area contributed by atoms with E-state index >= 15 is 0 Å². The molecule has 0 N–H and O–H groups in total. The van der Waals surface area contributed by atoms with Crippen LogP contribution in [0.2, 0.25) is 0 Å². The summed E-state index contributed by atoms with van der Waals surface area (Å²) in [4.78, 5) is 14.3. The third kappa shape index (κ3) is 3.62. The normalized spacial score (nSPS) is 11.8. The highest BCUT2D eigenvalue weighted by Crippen LogP contribution is 2.36. The maximum atomic E-state index is 12.7. The number of hydrogen-bond acceptors (Lipinski definition) is 3. The summed E-state index contributed by atoms with van der Waals surface area (Å²) in [6.45, 7) is 1.25. The van der Waals surface area contributed by atoms with Gasteiger partial charge in [0.15, 0.2) is 0 Å². The third-order valence-electron chi connectivity index (χ3n) is 2.42. The van der Waals surface area contributed by atoms with E-state index in [2.05, 4.69) is 9.72 Å². The molecule has 0 fully saturated rings. The molecule has 0 aliphatic carbocycles. The summed E-state index contributed by atoms with van der Waals surface area (Å²) in [6.07, 6.45) is -8.76. The Bertz CT molecular complexity index is 485. The van der Waals surface area contributed by atoms with Gasteiger partial charge >= 0.3 is 12.1 Å². The van der Waals surface area contributed by atoms with Crippen LogP contribution in [0.3, 0.4) is 0 Å². The Labute approximate surface area is 105 Å². The van der Waals surface area contributed by atoms with Crippen molar-refractivity contribution < 1.29 is 31.5 Å². The summed E-state index contributed by atoms with van der Waals surface area (Å²) in [5.41, 5.74) is -3.03. The van der Waals surface area contributed by atoms with Crippen molar-refractivity contribution in [3.05, 3.63) is 28.6 Å². The number of carbonyl (C=O) groups excluding carboxylic acids is 1. The molecule has 0 saturated carbocycles. The van der Waals surface area contributed by atoms with E-state index < -0.39 is 36.2 Å². The molecule has 106 valence electrons. The molecule has 0 amide bonds. The van der Waals surface area contributed by atoms with Crippen LogP contribution in [-0.2, 0) is 22.1 Å². The van der Waals surface area contributed by atoms with E-state index in [9.17, 15) is 26.7 Å². The Morgan fingerprint density at radius 1 is 1.42 bits per heavy atom. The van der Waals surface area contributed by atoms with E-state index in [-0.39, 0.29) is 11.3 Å². The minimum absolute atomic E-state index is 0.0614. The molecule has 0 bridgehead atoms. The topological polar surface area (TPSA) is 39.2 Å². The first-order valence-electron chi connectivity index (χ1n) is 5.09. The van der Waals surface area contributed by atoms with Crippen LogP contribution in [0.5, 0.6) is 0 Å². The van der Waals surface area contributed by atoms with Gasteiger partial charge in [-0.3, -0.25) is 9.78 Å². The first-order valence-corrected chi connectivity index (χ1v) is 5.09. The van der Waals surface area contributed by atoms with Crippen molar-refractivity contribution in [1.29, 1.82) is 0 Å². The van der Waals surface area contributed by atoms with Crippen molar-refractivity contribution >= 4 is 5.97 Å². The Balaban J connectivity index is 3.34. The van der Waals surface area contributed by atoms with Crippen LogP contribution >= 0.6 is 0 Å². The number of carbonyl (C=O) groups is 1. The Hall–Kier alpha value is -1.73. The van der Waals surface area contributed by atoms with Crippen LogP contribution < -0.4 is 0 Å². The molecule has 8 heteroatoms. The zero-order valence-corrected chi connectivity index (χ0v) is 10.0. The summed E-state index contributed by atoms with van der Waals surface area (Å²) >= 11 is 0. The average Bonchev–Trinajstić information content (AvgIpc) is 2.29. The highest BCUT2D eigenvalue weighted by atomic mass is 19.4. The third-order valence-corrected chi connectivity index (χ3v) is 2.42. The van der Waals surface area contributed by atoms with E-state index in [4.69, 9.17) is 0 Å². The van der Waals surface area contributed by atoms with Gasteiger partial charge in [-0.05, 0) is 18.6 Å². The first-order chi connectivity index (χ1) is 8.66. The monoisotopic (exact) mass is 283 g/mol. The maximum absolute atomic E-state index is 12.7. The average molecular weight is 283 g/mol. The lowest BCUT2D eigenvalue weighted by molar-refractivity contribution is -0.141. The fourth-order valence-electron chi connectivity index (χ4n) is 1.47. The number of rotatable bonds is 3. The van der Waals surface area contributed by atoms with Crippen LogP contribution in [-0.4, -0.2) is 18.1 Å². The molecule has 0 radical (unpaired) electrons. The van der Waals surface area contributed by atoms with Gasteiger partial charge < -0.3 is 4.74 Å². The Morgan fingerprint density at radius 2 is 2.00 bits per heavy atom. The fraction of sp³-hybridized carbons (Fsp3) is 0.455. The largest absolute Gasteiger partial charge is 0.469 e. The molecular formula is C11H10F5NO2. The molecule has 19 heavy (non-hydrogen) atoms. The molecule has 1 aromatic heterocycles. The molecule has 0 atom stereocenters. The van der Waals surface area contributed by atoms with Crippen LogP contribution in [0.4, 0.5) is 22.0 Å². The fourth-order valence-corrected chi connectivity index (χ4v) is 1.47. The predicted molar refractivity (Wildman–Crippen MR) is 54.7 cm³/mol. The van der Waals surface area contributed by atoms with Gasteiger partial charge in [-0.15, -0.1) is 0 Å². The number of ether oxygens (including phenoxy) is 1. The van der Waals surface area contributed by atoms with Crippen LogP contribution in [0.1, 0.15) is 28.9 Å². The number of esters is 1. The van der Waals surface area contributed by atoms with Gasteiger partial charge in [0.05, 0.1) is 19.1 Å². The number of pyridine rings is 1. The lowest BCUT2D eigenvalue weighted by Crippen LogP contribution is -2.15. The van der Waals surface area contributed by atoms with Gasteiger partial charge in [0, 0.05) is 5.69 Å². The minimum atomic E-state index is -4.96. The lowest BCUT2D eigenvalue weighted by Gasteiger charge is -2.15. The van der Waals surface area contributed by atoms with Crippen molar-refractivity contribution in [2.24, 2.45) is 0 Å². The van der Waals surface area contributed by atoms with Crippen molar-refractivity contribution in [3.63, 3.8) is 0 Å². The van der Waals surface area contributed by atoms with Crippen molar-refractivity contribution in [3.8, 4) is 0 Å². The standard InChI is InChI=1S/C11H10F5NO2/c1-5-6(4-8(18)19-2)3-7(11(14,15)16)9(17-5)10(12)13/h3,10H,4H2,1-2H3. The van der Waals surface area contributed by atoms with Gasteiger partial charge in [-0.2, -0.15) is 13.2 Å². The number of hydrogen-bond donors (Lipinski definition) is 0. The number of halogens is 5. The number of methoxy groups -OCH3 is 1. The van der Waals surface area contributed by atoms with E-state index in [0.717, 1.165) is 7.11 Å². The molecule has 1 rings (SSSR count). The molecule has 0 aliphatic heterocycles. The zero-order chi connectivity index (χ0) is 14.8. The quantitative estimate of drug-likeness (QED) is 0.632. The molecule has 0 saturated heterocycles. The predicted octanol–water partition coefficient (Wildman–Crippen LogP) is 3.06. The number of aromatic nitrogens is 1. The zero-order valence-electron chi connectivity index (χ0n) is 10.0. The van der Waals surface area contributed by atoms with Crippen LogP contribution in [0, 0.1) is 6.92 Å². The number of alkyl halides is 5.